The van der Waals surface area contributed by atoms with Crippen molar-refractivity contribution in [1.82, 2.24) is 14.6 Å². The van der Waals surface area contributed by atoms with E-state index in [-0.39, 0.29) is 54.1 Å². The number of rotatable bonds is 14. The highest BCUT2D eigenvalue weighted by Gasteiger charge is 2.32. The lowest BCUT2D eigenvalue weighted by atomic mass is 9.94. The van der Waals surface area contributed by atoms with E-state index in [1.807, 2.05) is 44.2 Å². The first-order valence-corrected chi connectivity index (χ1v) is 15.7. The van der Waals surface area contributed by atoms with Crippen molar-refractivity contribution in [3.63, 3.8) is 0 Å². The van der Waals surface area contributed by atoms with E-state index in [1.165, 1.54) is 16.4 Å². The van der Waals surface area contributed by atoms with Crippen molar-refractivity contribution in [3.05, 3.63) is 59.7 Å². The Hall–Kier alpha value is -3.41. The number of nitrogens with zero attached hydrogens (tertiary/aromatic N) is 2. The molecule has 2 unspecified atom stereocenters. The number of aromatic hydroxyl groups is 1. The molecule has 0 saturated carbocycles. The van der Waals surface area contributed by atoms with Crippen molar-refractivity contribution in [3.8, 4) is 5.88 Å². The van der Waals surface area contributed by atoms with Gasteiger partial charge in [-0.15, -0.1) is 0 Å². The number of aromatic nitrogens is 1. The van der Waals surface area contributed by atoms with E-state index in [9.17, 15) is 28.5 Å². The summed E-state index contributed by atoms with van der Waals surface area (Å²) in [5, 5.41) is 34.0. The molecule has 2 aromatic carbocycles. The Morgan fingerprint density at radius 1 is 1.02 bits per heavy atom. The molecule has 3 rings (SSSR count). The Labute approximate surface area is 248 Å². The third kappa shape index (κ3) is 8.33. The van der Waals surface area contributed by atoms with Crippen molar-refractivity contribution >= 4 is 33.2 Å². The fraction of sp³-hybridized carbons (Fsp3) is 0.484. The molecule has 1 heterocycles. The molecule has 0 saturated heterocycles. The summed E-state index contributed by atoms with van der Waals surface area (Å²) in [6.07, 6.45) is -0.843. The molecule has 0 fully saturated rings. The van der Waals surface area contributed by atoms with Gasteiger partial charge in [0.05, 0.1) is 28.6 Å². The number of aliphatic imine (C=N–C) groups is 1. The van der Waals surface area contributed by atoms with Crippen LogP contribution in [0, 0.1) is 17.8 Å². The summed E-state index contributed by atoms with van der Waals surface area (Å²) in [5.74, 6) is 0.384. The topological polar surface area (TPSA) is 155 Å². The summed E-state index contributed by atoms with van der Waals surface area (Å²) in [7, 11) is -4.13. The normalized spacial score (nSPS) is 14.2. The van der Waals surface area contributed by atoms with Gasteiger partial charge in [0.25, 0.3) is 0 Å². The minimum atomic E-state index is -4.13. The molecule has 230 valence electrons. The largest absolute Gasteiger partial charge is 0.494 e. The van der Waals surface area contributed by atoms with Crippen LogP contribution in [-0.4, -0.2) is 76.6 Å². The molecule has 0 aliphatic carbocycles. The number of carboxylic acid groups (broad SMARTS) is 1. The Morgan fingerprint density at radius 3 is 2.24 bits per heavy atom. The number of fused-ring (bicyclic) bond motifs is 1. The minimum Gasteiger partial charge on any atom is -0.494 e. The maximum absolute atomic E-state index is 14.0. The van der Waals surface area contributed by atoms with Crippen LogP contribution in [0.3, 0.4) is 0 Å². The Balaban J connectivity index is 1.97. The summed E-state index contributed by atoms with van der Waals surface area (Å²) in [4.78, 5) is 19.1. The van der Waals surface area contributed by atoms with Gasteiger partial charge in [-0.25, -0.2) is 13.2 Å². The van der Waals surface area contributed by atoms with Crippen molar-refractivity contribution in [2.75, 3.05) is 13.1 Å². The number of aliphatic hydroxyl groups is 1. The number of hydrogen-bond acceptors (Lipinski definition) is 6. The number of carbonyl (C=O) groups is 1. The maximum atomic E-state index is 14.0. The van der Waals surface area contributed by atoms with E-state index < -0.39 is 28.3 Å². The molecule has 2 atom stereocenters. The number of amides is 1. The zero-order valence-electron chi connectivity index (χ0n) is 25.2. The molecule has 0 radical (unpaired) electrons. The molecule has 11 heteroatoms. The van der Waals surface area contributed by atoms with E-state index in [1.54, 1.807) is 12.3 Å². The SMILES string of the molecule is CC(C)CN(CC(O)C(Cc1ccccc1)NC(=O)O)S(=O)(=O)c1ccc2[nH]c(O)c(C=NC(C(C)C)C(C)C)c2c1. The quantitative estimate of drug-likeness (QED) is 0.167. The second-order valence-electron chi connectivity index (χ2n) is 11.9. The first kappa shape index (κ1) is 33.1. The number of aromatic amines is 1. The van der Waals surface area contributed by atoms with Crippen molar-refractivity contribution in [2.45, 2.75) is 71.0 Å². The van der Waals surface area contributed by atoms with Crippen LogP contribution in [0.15, 0.2) is 58.4 Å². The van der Waals surface area contributed by atoms with Gasteiger partial charge in [0, 0.05) is 30.2 Å². The zero-order valence-corrected chi connectivity index (χ0v) is 26.0. The van der Waals surface area contributed by atoms with Gasteiger partial charge in [-0.05, 0) is 47.9 Å². The Kier molecular flexibility index (Phi) is 11.2. The number of sulfonamides is 1. The smallest absolute Gasteiger partial charge is 0.404 e. The molecule has 0 bridgehead atoms. The van der Waals surface area contributed by atoms with Crippen LogP contribution in [0.4, 0.5) is 4.79 Å². The second kappa shape index (κ2) is 14.2. The first-order valence-electron chi connectivity index (χ1n) is 14.3. The predicted molar refractivity (Wildman–Crippen MR) is 166 cm³/mol. The lowest BCUT2D eigenvalue weighted by molar-refractivity contribution is 0.0980. The molecule has 0 spiro atoms. The third-order valence-electron chi connectivity index (χ3n) is 7.20. The summed E-state index contributed by atoms with van der Waals surface area (Å²) in [6, 6.07) is 12.7. The average molecular weight is 601 g/mol. The Bertz CT molecular complexity index is 1460. The minimum absolute atomic E-state index is 0.00780. The van der Waals surface area contributed by atoms with E-state index in [4.69, 9.17) is 4.99 Å². The summed E-state index contributed by atoms with van der Waals surface area (Å²) < 4.78 is 29.2. The van der Waals surface area contributed by atoms with Crippen LogP contribution in [-0.2, 0) is 16.4 Å². The van der Waals surface area contributed by atoms with Gasteiger partial charge in [0.2, 0.25) is 10.0 Å². The number of hydrogen-bond donors (Lipinski definition) is 5. The fourth-order valence-electron chi connectivity index (χ4n) is 5.22. The molecular formula is C31H44N4O6S. The highest BCUT2D eigenvalue weighted by molar-refractivity contribution is 7.89. The highest BCUT2D eigenvalue weighted by Crippen LogP contribution is 2.30. The van der Waals surface area contributed by atoms with Gasteiger partial charge in [-0.1, -0.05) is 71.9 Å². The molecule has 0 aliphatic rings. The zero-order chi connectivity index (χ0) is 31.2. The lowest BCUT2D eigenvalue weighted by Gasteiger charge is -2.30. The monoisotopic (exact) mass is 600 g/mol. The van der Waals surface area contributed by atoms with Gasteiger partial charge in [0.1, 0.15) is 0 Å². The molecule has 3 aromatic rings. The van der Waals surface area contributed by atoms with Crippen LogP contribution < -0.4 is 5.32 Å². The number of H-pyrrole nitrogens is 1. The Morgan fingerprint density at radius 2 is 1.67 bits per heavy atom. The summed E-state index contributed by atoms with van der Waals surface area (Å²) >= 11 is 0. The first-order chi connectivity index (χ1) is 19.7. The fourth-order valence-corrected chi connectivity index (χ4v) is 6.86. The van der Waals surface area contributed by atoms with Crippen LogP contribution in [0.2, 0.25) is 0 Å². The molecular weight excluding hydrogens is 556 g/mol. The second-order valence-corrected chi connectivity index (χ2v) is 13.8. The third-order valence-corrected chi connectivity index (χ3v) is 9.03. The molecule has 10 nitrogen and oxygen atoms in total. The van der Waals surface area contributed by atoms with Crippen LogP contribution >= 0.6 is 0 Å². The number of benzene rings is 2. The van der Waals surface area contributed by atoms with E-state index >= 15 is 0 Å². The standard InChI is InChI=1S/C31H44N4O6S/c1-19(2)17-35(18-28(36)27(34-31(38)39)14-22-10-8-7-9-11-22)42(40,41)23-12-13-26-24(15-23)25(30(37)33-26)16-32-29(20(3)4)21(5)6/h7-13,15-16,19-21,27-29,33-34,36-37H,14,17-18H2,1-6H3,(H,38,39). The van der Waals surface area contributed by atoms with Crippen molar-refractivity contribution in [2.24, 2.45) is 22.7 Å². The van der Waals surface area contributed by atoms with Crippen LogP contribution in [0.5, 0.6) is 5.88 Å². The average Bonchev–Trinajstić information content (AvgIpc) is 3.21. The molecule has 42 heavy (non-hydrogen) atoms. The highest BCUT2D eigenvalue weighted by atomic mass is 32.2. The maximum Gasteiger partial charge on any atom is 0.404 e. The van der Waals surface area contributed by atoms with Gasteiger partial charge < -0.3 is 25.6 Å². The van der Waals surface area contributed by atoms with Gasteiger partial charge in [-0.3, -0.25) is 4.99 Å². The van der Waals surface area contributed by atoms with Crippen LogP contribution in [0.1, 0.15) is 52.7 Å². The molecule has 5 N–H and O–H groups in total. The van der Waals surface area contributed by atoms with Crippen LogP contribution in [0.25, 0.3) is 10.9 Å². The predicted octanol–water partition coefficient (Wildman–Crippen LogP) is 4.86. The molecule has 1 aromatic heterocycles. The van der Waals surface area contributed by atoms with E-state index in [0.29, 0.717) is 16.5 Å². The lowest BCUT2D eigenvalue weighted by Crippen LogP contribution is -2.50. The van der Waals surface area contributed by atoms with Gasteiger partial charge in [-0.2, -0.15) is 4.31 Å². The van der Waals surface area contributed by atoms with E-state index in [0.717, 1.165) is 5.56 Å². The van der Waals surface area contributed by atoms with Crippen molar-refractivity contribution < 1.29 is 28.5 Å². The summed E-state index contributed by atoms with van der Waals surface area (Å²) in [6.45, 7) is 11.9. The van der Waals surface area contributed by atoms with Crippen molar-refractivity contribution in [1.29, 1.82) is 0 Å². The van der Waals surface area contributed by atoms with Gasteiger partial charge in [0.15, 0.2) is 5.88 Å². The molecule has 1 amide bonds. The number of aliphatic hydroxyl groups excluding tert-OH is 1. The van der Waals surface area contributed by atoms with E-state index in [2.05, 4.69) is 38.0 Å². The summed E-state index contributed by atoms with van der Waals surface area (Å²) in [5.41, 5.74) is 1.76. The number of nitrogens with one attached hydrogen (secondary N) is 2. The van der Waals surface area contributed by atoms with Gasteiger partial charge >= 0.3 is 6.09 Å². The molecule has 0 aliphatic heterocycles.